The third kappa shape index (κ3) is 9.42. The lowest BCUT2D eigenvalue weighted by atomic mass is 9.86. The molecule has 1 saturated carbocycles. The smallest absolute Gasteiger partial charge is 0.407 e. The summed E-state index contributed by atoms with van der Waals surface area (Å²) in [6, 6.07) is 7.52. The van der Waals surface area contributed by atoms with Crippen LogP contribution in [0.5, 0.6) is 5.75 Å². The molecule has 1 heterocycles. The summed E-state index contributed by atoms with van der Waals surface area (Å²) in [6.45, 7) is 19.5. The normalized spacial score (nSPS) is 22.5. The van der Waals surface area contributed by atoms with Crippen molar-refractivity contribution >= 4 is 40.7 Å². The van der Waals surface area contributed by atoms with Crippen LogP contribution in [0.15, 0.2) is 74.9 Å². The summed E-state index contributed by atoms with van der Waals surface area (Å²) in [7, 11) is 3.13. The van der Waals surface area contributed by atoms with Crippen molar-refractivity contribution in [3.8, 4) is 5.75 Å². The second-order valence-corrected chi connectivity index (χ2v) is 15.2. The van der Waals surface area contributed by atoms with Crippen LogP contribution >= 0.6 is 0 Å². The maximum atomic E-state index is 14.7. The summed E-state index contributed by atoms with van der Waals surface area (Å²) >= 11 is 0. The van der Waals surface area contributed by atoms with Crippen molar-refractivity contribution in [2.24, 2.45) is 11.3 Å². The van der Waals surface area contributed by atoms with Gasteiger partial charge in [0.2, 0.25) is 11.8 Å². The number of rotatable bonds is 21. The van der Waals surface area contributed by atoms with E-state index in [0.29, 0.717) is 25.0 Å². The van der Waals surface area contributed by atoms with E-state index in [9.17, 15) is 24.3 Å². The minimum absolute atomic E-state index is 0.0270. The first-order valence-electron chi connectivity index (χ1n) is 18.7. The molecule has 11 nitrogen and oxygen atoms in total. The third-order valence-corrected chi connectivity index (χ3v) is 11.0. The molecule has 0 spiro atoms. The van der Waals surface area contributed by atoms with Gasteiger partial charge in [0.25, 0.3) is 0 Å². The van der Waals surface area contributed by atoms with Crippen LogP contribution in [0.3, 0.4) is 0 Å². The Bertz CT molecular complexity index is 1750. The molecule has 2 aromatic carbocycles. The van der Waals surface area contributed by atoms with Crippen LogP contribution in [0, 0.1) is 11.3 Å². The molecule has 2 fully saturated rings. The van der Waals surface area contributed by atoms with E-state index >= 15 is 0 Å². The van der Waals surface area contributed by atoms with E-state index in [1.54, 1.807) is 13.2 Å². The highest BCUT2D eigenvalue weighted by Crippen LogP contribution is 2.46. The first-order valence-corrected chi connectivity index (χ1v) is 18.7. The number of fused-ring (bicyclic) bond motifs is 1. The fraction of sp³-hybridized carbons (Fsp3) is 0.488. The number of carbonyl (C=O) groups excluding carboxylic acids is 3. The van der Waals surface area contributed by atoms with Gasteiger partial charge in [0.05, 0.1) is 20.3 Å². The van der Waals surface area contributed by atoms with Crippen LogP contribution in [0.1, 0.15) is 82.8 Å². The highest BCUT2D eigenvalue weighted by atomic mass is 16.5. The van der Waals surface area contributed by atoms with E-state index in [1.807, 2.05) is 42.5 Å². The van der Waals surface area contributed by atoms with Crippen molar-refractivity contribution in [3.63, 3.8) is 0 Å². The van der Waals surface area contributed by atoms with Gasteiger partial charge in [0.15, 0.2) is 0 Å². The van der Waals surface area contributed by atoms with Gasteiger partial charge < -0.3 is 34.9 Å². The average molecular weight is 744 g/mol. The maximum absolute atomic E-state index is 14.7. The molecule has 2 aliphatic rings. The molecule has 1 saturated heterocycles. The number of unbranched alkanes of at least 4 members (excludes halogenated alkanes) is 3. The number of aliphatic carboxylic acids is 1. The molecule has 4 rings (SSSR count). The summed E-state index contributed by atoms with van der Waals surface area (Å²) < 4.78 is 17.3. The van der Waals surface area contributed by atoms with Gasteiger partial charge >= 0.3 is 12.1 Å². The largest absolute Gasteiger partial charge is 0.496 e. The summed E-state index contributed by atoms with van der Waals surface area (Å²) in [4.78, 5) is 56.0. The topological polar surface area (TPSA) is 144 Å². The second-order valence-electron chi connectivity index (χ2n) is 15.2. The van der Waals surface area contributed by atoms with Crippen LogP contribution in [-0.4, -0.2) is 78.9 Å². The van der Waals surface area contributed by atoms with Gasteiger partial charge in [-0.1, -0.05) is 69.7 Å². The number of carboxylic acid groups (broad SMARTS) is 1. The molecule has 292 valence electrons. The van der Waals surface area contributed by atoms with Crippen LogP contribution in [0.2, 0.25) is 0 Å². The molecule has 1 aliphatic carbocycles. The quantitative estimate of drug-likeness (QED) is 0.0893. The molecule has 11 heteroatoms. The SMILES string of the molecule is C=CCCCCCC(NC(=O)OCCC(C)(C)CC=C)C(=O)N1C[C@](OC)(c2ccc3cc(OC)c(C=C)cc3c2)C[C@H]1C(=O)NC1(C(=O)O)CC1C=C. The number of likely N-dealkylation sites (tertiary alicyclic amines) is 1. The number of carboxylic acids is 1. The molecule has 54 heavy (non-hydrogen) atoms. The summed E-state index contributed by atoms with van der Waals surface area (Å²) in [5.41, 5.74) is -1.26. The number of alkyl carbamates (subject to hydrolysis) is 1. The first-order chi connectivity index (χ1) is 25.7. The zero-order valence-corrected chi connectivity index (χ0v) is 32.3. The molecule has 0 bridgehead atoms. The number of carbonyl (C=O) groups is 4. The van der Waals surface area contributed by atoms with Gasteiger partial charge in [-0.2, -0.15) is 0 Å². The fourth-order valence-electron chi connectivity index (χ4n) is 7.41. The lowest BCUT2D eigenvalue weighted by Crippen LogP contribution is -2.56. The standard InChI is InChI=1S/C43H57N3O8/c1-9-13-14-15-16-17-34(44-40(51)54-22-21-41(5,6)20-10-2)38(48)46-28-42(53-8,27-35(46)37(47)45-43(39(49)50)26-32(43)12-4)33-19-18-30-25-36(52-7)29(11-3)23-31(30)24-33/h9-12,18-19,23-25,32,34-35H,1-4,13-17,20-22,26-28H2,5-8H3,(H,44,51)(H,45,47)(H,49,50)/t32?,34?,35-,42-,43?/m0/s1. The predicted octanol–water partition coefficient (Wildman–Crippen LogP) is 7.30. The van der Waals surface area contributed by atoms with Crippen molar-refractivity contribution in [2.45, 2.75) is 94.9 Å². The first kappa shape index (κ1) is 41.9. The zero-order chi connectivity index (χ0) is 39.7. The molecule has 3 unspecified atom stereocenters. The van der Waals surface area contributed by atoms with Gasteiger partial charge in [-0.05, 0) is 78.5 Å². The molecule has 0 radical (unpaired) electrons. The number of allylic oxidation sites excluding steroid dienone is 2. The molecular formula is C43H57N3O8. The Balaban J connectivity index is 1.70. The van der Waals surface area contributed by atoms with Gasteiger partial charge in [0.1, 0.15) is 29.0 Å². The van der Waals surface area contributed by atoms with Crippen molar-refractivity contribution in [2.75, 3.05) is 27.4 Å². The fourth-order valence-corrected chi connectivity index (χ4v) is 7.41. The number of hydrogen-bond acceptors (Lipinski definition) is 7. The Morgan fingerprint density at radius 2 is 1.78 bits per heavy atom. The van der Waals surface area contributed by atoms with E-state index in [2.05, 4.69) is 50.8 Å². The minimum atomic E-state index is -1.51. The van der Waals surface area contributed by atoms with E-state index in [1.165, 1.54) is 18.1 Å². The summed E-state index contributed by atoms with van der Waals surface area (Å²) in [5, 5.41) is 17.5. The summed E-state index contributed by atoms with van der Waals surface area (Å²) in [5.74, 6) is -2.06. The Hall–Kier alpha value is -4.90. The van der Waals surface area contributed by atoms with Crippen LogP contribution in [0.4, 0.5) is 4.79 Å². The van der Waals surface area contributed by atoms with Crippen molar-refractivity contribution in [3.05, 3.63) is 86.0 Å². The van der Waals surface area contributed by atoms with E-state index in [-0.39, 0.29) is 31.4 Å². The summed E-state index contributed by atoms with van der Waals surface area (Å²) in [6.07, 6.45) is 11.2. The van der Waals surface area contributed by atoms with Crippen molar-refractivity contribution in [1.29, 1.82) is 0 Å². The van der Waals surface area contributed by atoms with E-state index in [0.717, 1.165) is 47.6 Å². The monoisotopic (exact) mass is 743 g/mol. The predicted molar refractivity (Wildman–Crippen MR) is 211 cm³/mol. The third-order valence-electron chi connectivity index (χ3n) is 11.0. The van der Waals surface area contributed by atoms with Gasteiger partial charge in [-0.3, -0.25) is 9.59 Å². The Labute approximate surface area is 319 Å². The second kappa shape index (κ2) is 18.0. The molecule has 0 aromatic heterocycles. The zero-order valence-electron chi connectivity index (χ0n) is 32.3. The number of amides is 3. The lowest BCUT2D eigenvalue weighted by molar-refractivity contribution is -0.145. The van der Waals surface area contributed by atoms with Crippen LogP contribution < -0.4 is 15.4 Å². The minimum Gasteiger partial charge on any atom is -0.496 e. The molecular weight excluding hydrogens is 686 g/mol. The van der Waals surface area contributed by atoms with E-state index < -0.39 is 53.0 Å². The van der Waals surface area contributed by atoms with Gasteiger partial charge in [-0.25, -0.2) is 9.59 Å². The van der Waals surface area contributed by atoms with E-state index in [4.69, 9.17) is 14.2 Å². The highest BCUT2D eigenvalue weighted by Gasteiger charge is 2.62. The Morgan fingerprint density at radius 1 is 1.02 bits per heavy atom. The molecule has 3 amide bonds. The average Bonchev–Trinajstić information content (AvgIpc) is 3.72. The number of nitrogens with zero attached hydrogens (tertiary/aromatic N) is 1. The molecule has 3 N–H and O–H groups in total. The van der Waals surface area contributed by atoms with Crippen molar-refractivity contribution < 1.29 is 38.5 Å². The number of nitrogens with one attached hydrogen (secondary N) is 2. The molecule has 1 aliphatic heterocycles. The number of ether oxygens (including phenoxy) is 3. The Morgan fingerprint density at radius 3 is 2.39 bits per heavy atom. The molecule has 5 atom stereocenters. The molecule has 2 aromatic rings. The van der Waals surface area contributed by atoms with Gasteiger partial charge in [0, 0.05) is 25.0 Å². The van der Waals surface area contributed by atoms with Gasteiger partial charge in [-0.15, -0.1) is 19.7 Å². The highest BCUT2D eigenvalue weighted by molar-refractivity contribution is 5.96. The maximum Gasteiger partial charge on any atom is 0.407 e. The van der Waals surface area contributed by atoms with Crippen molar-refractivity contribution in [1.82, 2.24) is 15.5 Å². The van der Waals surface area contributed by atoms with Crippen LogP contribution in [0.25, 0.3) is 16.8 Å². The number of hydrogen-bond donors (Lipinski definition) is 3. The number of benzene rings is 2. The lowest BCUT2D eigenvalue weighted by Gasteiger charge is -2.31. The Kier molecular flexibility index (Phi) is 13.9. The van der Waals surface area contributed by atoms with Crippen LogP contribution in [-0.2, 0) is 29.5 Å². The number of methoxy groups -OCH3 is 2.